The molecule has 0 bridgehead atoms. The van der Waals surface area contributed by atoms with E-state index in [0.717, 1.165) is 37.6 Å². The number of H-pyrrole nitrogens is 1. The number of nitrogens with zero attached hydrogens (tertiary/aromatic N) is 2. The van der Waals surface area contributed by atoms with Crippen LogP contribution in [0.2, 0.25) is 0 Å². The van der Waals surface area contributed by atoms with Gasteiger partial charge in [-0.3, -0.25) is 10.00 Å². The van der Waals surface area contributed by atoms with Crippen molar-refractivity contribution in [1.82, 2.24) is 20.4 Å². The van der Waals surface area contributed by atoms with E-state index < -0.39 is 0 Å². The molecule has 2 aromatic rings. The molecule has 2 heterocycles. The van der Waals surface area contributed by atoms with Gasteiger partial charge in [0.2, 0.25) is 0 Å². The highest BCUT2D eigenvalue weighted by atomic mass is 16.3. The number of hydrogen-bond acceptors (Lipinski definition) is 4. The van der Waals surface area contributed by atoms with Gasteiger partial charge in [0.05, 0.1) is 12.3 Å². The lowest BCUT2D eigenvalue weighted by molar-refractivity contribution is 0.188. The highest BCUT2D eigenvalue weighted by Crippen LogP contribution is 2.20. The van der Waals surface area contributed by atoms with Crippen LogP contribution in [0.25, 0.3) is 0 Å². The van der Waals surface area contributed by atoms with Gasteiger partial charge in [0.1, 0.15) is 5.76 Å². The maximum atomic E-state index is 5.57. The lowest BCUT2D eigenvalue weighted by Crippen LogP contribution is -2.35. The van der Waals surface area contributed by atoms with Crippen molar-refractivity contribution in [2.75, 3.05) is 19.6 Å². The summed E-state index contributed by atoms with van der Waals surface area (Å²) in [5.41, 5.74) is 1.10. The van der Waals surface area contributed by atoms with Crippen molar-refractivity contribution < 1.29 is 4.42 Å². The molecule has 5 heteroatoms. The molecule has 0 spiro atoms. The summed E-state index contributed by atoms with van der Waals surface area (Å²) in [6.45, 7) is 8.01. The average molecular weight is 262 g/mol. The van der Waals surface area contributed by atoms with E-state index in [4.69, 9.17) is 4.42 Å². The summed E-state index contributed by atoms with van der Waals surface area (Å²) >= 11 is 0. The lowest BCUT2D eigenvalue weighted by Gasteiger charge is -2.28. The molecule has 0 saturated heterocycles. The maximum Gasteiger partial charge on any atom is 0.122 e. The van der Waals surface area contributed by atoms with Crippen LogP contribution in [-0.4, -0.2) is 34.7 Å². The molecule has 0 aliphatic heterocycles. The van der Waals surface area contributed by atoms with Gasteiger partial charge < -0.3 is 9.73 Å². The Morgan fingerprint density at radius 3 is 2.79 bits per heavy atom. The van der Waals surface area contributed by atoms with Gasteiger partial charge in [-0.15, -0.1) is 0 Å². The monoisotopic (exact) mass is 262 g/mol. The number of furan rings is 1. The number of nitrogens with one attached hydrogen (secondary N) is 2. The van der Waals surface area contributed by atoms with Crippen LogP contribution in [0.15, 0.2) is 35.1 Å². The fourth-order valence-electron chi connectivity index (χ4n) is 2.28. The topological polar surface area (TPSA) is 57.1 Å². The summed E-state index contributed by atoms with van der Waals surface area (Å²) < 4.78 is 5.57. The van der Waals surface area contributed by atoms with Gasteiger partial charge in [0, 0.05) is 25.0 Å². The third kappa shape index (κ3) is 3.68. The normalized spacial score (nSPS) is 13.0. The van der Waals surface area contributed by atoms with Crippen LogP contribution in [0.4, 0.5) is 0 Å². The highest BCUT2D eigenvalue weighted by molar-refractivity contribution is 5.06. The van der Waals surface area contributed by atoms with Crippen molar-refractivity contribution in [3.8, 4) is 0 Å². The smallest absolute Gasteiger partial charge is 0.122 e. The molecule has 104 valence electrons. The first-order chi connectivity index (χ1) is 9.35. The van der Waals surface area contributed by atoms with Gasteiger partial charge in [0.25, 0.3) is 0 Å². The Labute approximate surface area is 114 Å². The van der Waals surface area contributed by atoms with Gasteiger partial charge in [0.15, 0.2) is 0 Å². The summed E-state index contributed by atoms with van der Waals surface area (Å²) in [6, 6.07) is 6.24. The number of likely N-dealkylation sites (N-methyl/N-ethyl adjacent to an activating group) is 1. The van der Waals surface area contributed by atoms with Crippen LogP contribution in [0.5, 0.6) is 0 Å². The molecular formula is C14H22N4O. The Bertz CT molecular complexity index is 434. The van der Waals surface area contributed by atoms with Gasteiger partial charge in [-0.1, -0.05) is 13.8 Å². The molecule has 0 saturated carbocycles. The fraction of sp³-hybridized carbons (Fsp3) is 0.500. The third-order valence-corrected chi connectivity index (χ3v) is 3.34. The van der Waals surface area contributed by atoms with Gasteiger partial charge in [-0.05, 0) is 31.3 Å². The molecule has 0 fully saturated rings. The first kappa shape index (κ1) is 13.8. The summed E-state index contributed by atoms with van der Waals surface area (Å²) in [7, 11) is 0. The zero-order valence-electron chi connectivity index (χ0n) is 11.6. The Kier molecular flexibility index (Phi) is 5.18. The summed E-state index contributed by atoms with van der Waals surface area (Å²) in [6.07, 6.45) is 3.51. The Morgan fingerprint density at radius 1 is 1.37 bits per heavy atom. The number of aromatic amines is 1. The summed E-state index contributed by atoms with van der Waals surface area (Å²) in [5.74, 6) is 1.01. The van der Waals surface area contributed by atoms with Crippen molar-refractivity contribution in [2.24, 2.45) is 0 Å². The SMILES string of the molecule is CCN(CC)C(CNCc1ccn[nH]1)c1ccco1. The Hall–Kier alpha value is -1.59. The minimum absolute atomic E-state index is 0.271. The first-order valence-corrected chi connectivity index (χ1v) is 6.81. The van der Waals surface area contributed by atoms with Gasteiger partial charge in [-0.25, -0.2) is 0 Å². The second-order valence-electron chi connectivity index (χ2n) is 4.47. The van der Waals surface area contributed by atoms with Crippen molar-refractivity contribution in [2.45, 2.75) is 26.4 Å². The second-order valence-corrected chi connectivity index (χ2v) is 4.47. The fourth-order valence-corrected chi connectivity index (χ4v) is 2.28. The van der Waals surface area contributed by atoms with E-state index in [2.05, 4.69) is 34.3 Å². The van der Waals surface area contributed by atoms with E-state index in [1.54, 1.807) is 12.5 Å². The van der Waals surface area contributed by atoms with E-state index in [-0.39, 0.29) is 6.04 Å². The largest absolute Gasteiger partial charge is 0.468 e. The second kappa shape index (κ2) is 7.11. The van der Waals surface area contributed by atoms with E-state index >= 15 is 0 Å². The van der Waals surface area contributed by atoms with Crippen LogP contribution in [-0.2, 0) is 6.54 Å². The third-order valence-electron chi connectivity index (χ3n) is 3.34. The maximum absolute atomic E-state index is 5.57. The van der Waals surface area contributed by atoms with Crippen molar-refractivity contribution in [3.63, 3.8) is 0 Å². The van der Waals surface area contributed by atoms with Crippen LogP contribution in [0.3, 0.4) is 0 Å². The highest BCUT2D eigenvalue weighted by Gasteiger charge is 2.19. The van der Waals surface area contributed by atoms with Crippen molar-refractivity contribution in [1.29, 1.82) is 0 Å². The van der Waals surface area contributed by atoms with Crippen LogP contribution < -0.4 is 5.32 Å². The number of rotatable bonds is 8. The minimum atomic E-state index is 0.271. The predicted molar refractivity (Wildman–Crippen MR) is 74.7 cm³/mol. The molecule has 2 N–H and O–H groups in total. The molecule has 1 atom stereocenters. The van der Waals surface area contributed by atoms with Crippen molar-refractivity contribution in [3.05, 3.63) is 42.1 Å². The standard InChI is InChI=1S/C14H22N4O/c1-3-18(4-2)13(14-6-5-9-19-14)11-15-10-12-7-8-16-17-12/h5-9,13,15H,3-4,10-11H2,1-2H3,(H,16,17). The molecule has 5 nitrogen and oxygen atoms in total. The van der Waals surface area contributed by atoms with Gasteiger partial charge in [-0.2, -0.15) is 5.10 Å². The lowest BCUT2D eigenvalue weighted by atomic mass is 10.2. The molecule has 0 aromatic carbocycles. The summed E-state index contributed by atoms with van der Waals surface area (Å²) in [5, 5.41) is 10.3. The first-order valence-electron chi connectivity index (χ1n) is 6.81. The average Bonchev–Trinajstić information content (AvgIpc) is 3.11. The summed E-state index contributed by atoms with van der Waals surface area (Å²) in [4.78, 5) is 2.39. The molecule has 0 aliphatic rings. The van der Waals surface area contributed by atoms with E-state index in [1.807, 2.05) is 18.2 Å². The Balaban J connectivity index is 1.94. The molecule has 2 rings (SSSR count). The van der Waals surface area contributed by atoms with Crippen molar-refractivity contribution >= 4 is 0 Å². The van der Waals surface area contributed by atoms with E-state index in [0.29, 0.717) is 0 Å². The molecule has 19 heavy (non-hydrogen) atoms. The quantitative estimate of drug-likeness (QED) is 0.765. The van der Waals surface area contributed by atoms with Crippen LogP contribution >= 0.6 is 0 Å². The molecular weight excluding hydrogens is 240 g/mol. The molecule has 0 radical (unpaired) electrons. The minimum Gasteiger partial charge on any atom is -0.468 e. The van der Waals surface area contributed by atoms with Crippen LogP contribution in [0, 0.1) is 0 Å². The Morgan fingerprint density at radius 2 is 2.21 bits per heavy atom. The zero-order valence-corrected chi connectivity index (χ0v) is 11.6. The number of hydrogen-bond donors (Lipinski definition) is 2. The van der Waals surface area contributed by atoms with E-state index in [1.165, 1.54) is 0 Å². The molecule has 0 amide bonds. The number of aromatic nitrogens is 2. The van der Waals surface area contributed by atoms with E-state index in [9.17, 15) is 0 Å². The predicted octanol–water partition coefficient (Wildman–Crippen LogP) is 2.18. The van der Waals surface area contributed by atoms with Crippen LogP contribution in [0.1, 0.15) is 31.3 Å². The molecule has 1 unspecified atom stereocenters. The molecule has 0 aliphatic carbocycles. The molecule has 2 aromatic heterocycles. The van der Waals surface area contributed by atoms with Gasteiger partial charge >= 0.3 is 0 Å². The zero-order chi connectivity index (χ0) is 13.5.